The van der Waals surface area contributed by atoms with Crippen LogP contribution in [0.2, 0.25) is 15.1 Å². The molecule has 2 rings (SSSR count). The van der Waals surface area contributed by atoms with Gasteiger partial charge in [0.25, 0.3) is 0 Å². The summed E-state index contributed by atoms with van der Waals surface area (Å²) in [5.74, 6) is -0.0399. The summed E-state index contributed by atoms with van der Waals surface area (Å²) >= 11 is 17.5. The fraction of sp³-hybridized carbons (Fsp3) is 0.133. The van der Waals surface area contributed by atoms with Crippen molar-refractivity contribution < 1.29 is 9.00 Å². The average molecular weight is 362 g/mol. The van der Waals surface area contributed by atoms with Crippen LogP contribution in [0, 0.1) is 0 Å². The van der Waals surface area contributed by atoms with E-state index in [0.717, 1.165) is 5.56 Å². The van der Waals surface area contributed by atoms with E-state index in [0.29, 0.717) is 21.4 Å². The van der Waals surface area contributed by atoms with E-state index in [1.807, 2.05) is 0 Å². The van der Waals surface area contributed by atoms with Gasteiger partial charge in [-0.2, -0.15) is 0 Å². The number of hydrogen-bond acceptors (Lipinski definition) is 2. The molecule has 0 heterocycles. The van der Waals surface area contributed by atoms with Gasteiger partial charge in [-0.05, 0) is 35.9 Å². The summed E-state index contributed by atoms with van der Waals surface area (Å²) in [6.07, 6.45) is 0. The molecule has 1 atom stereocenters. The third-order valence-corrected chi connectivity index (χ3v) is 4.80. The Morgan fingerprint density at radius 2 is 1.57 bits per heavy atom. The van der Waals surface area contributed by atoms with Gasteiger partial charge in [0.05, 0.1) is 10.8 Å². The lowest BCUT2D eigenvalue weighted by molar-refractivity contribution is 0.102. The van der Waals surface area contributed by atoms with Crippen molar-refractivity contribution in [1.29, 1.82) is 0 Å². The van der Waals surface area contributed by atoms with E-state index in [2.05, 4.69) is 0 Å². The lowest BCUT2D eigenvalue weighted by atomic mass is 10.1. The smallest absolute Gasteiger partial charge is 0.176 e. The number of halogens is 3. The summed E-state index contributed by atoms with van der Waals surface area (Å²) in [6, 6.07) is 11.7. The Morgan fingerprint density at radius 1 is 0.952 bits per heavy atom. The predicted octanol–water partition coefficient (Wildman–Crippen LogP) is 4.78. The molecule has 0 aliphatic carbocycles. The molecule has 2 aromatic rings. The van der Waals surface area contributed by atoms with Gasteiger partial charge in [0.1, 0.15) is 0 Å². The maximum atomic E-state index is 12.1. The molecule has 0 aliphatic heterocycles. The number of benzene rings is 2. The molecule has 6 heteroatoms. The van der Waals surface area contributed by atoms with Crippen LogP contribution < -0.4 is 0 Å². The second-order valence-electron chi connectivity index (χ2n) is 4.40. The van der Waals surface area contributed by atoms with E-state index in [4.69, 9.17) is 34.8 Å². The molecular formula is C15H11Cl3O2S. The second kappa shape index (κ2) is 7.41. The minimum absolute atomic E-state index is 0.0794. The summed E-state index contributed by atoms with van der Waals surface area (Å²) in [7, 11) is -1.31. The number of hydrogen-bond donors (Lipinski definition) is 0. The molecule has 2 nitrogen and oxygen atoms in total. The Labute approximate surface area is 140 Å². The molecule has 1 unspecified atom stereocenters. The van der Waals surface area contributed by atoms with Crippen molar-refractivity contribution in [3.8, 4) is 0 Å². The standard InChI is InChI=1S/C15H11Cl3O2S/c16-11-3-1-10(2-4-11)8-21(20)9-15(19)13-6-5-12(17)7-14(13)18/h1-7H,8-9H2. The van der Waals surface area contributed by atoms with E-state index in [-0.39, 0.29) is 16.6 Å². The van der Waals surface area contributed by atoms with Crippen molar-refractivity contribution in [3.63, 3.8) is 0 Å². The number of rotatable bonds is 5. The number of ketones is 1. The predicted molar refractivity (Wildman–Crippen MR) is 89.0 cm³/mol. The normalized spacial score (nSPS) is 12.1. The van der Waals surface area contributed by atoms with Gasteiger partial charge < -0.3 is 0 Å². The Kier molecular flexibility index (Phi) is 5.82. The highest BCUT2D eigenvalue weighted by Crippen LogP contribution is 2.22. The van der Waals surface area contributed by atoms with E-state index in [9.17, 15) is 9.00 Å². The average Bonchev–Trinajstić information content (AvgIpc) is 2.41. The Hall–Kier alpha value is -0.870. The molecule has 0 radical (unpaired) electrons. The summed E-state index contributed by atoms with van der Waals surface area (Å²) in [4.78, 5) is 12.1. The molecule has 21 heavy (non-hydrogen) atoms. The zero-order valence-corrected chi connectivity index (χ0v) is 13.9. The second-order valence-corrected chi connectivity index (χ2v) is 7.14. The van der Waals surface area contributed by atoms with E-state index in [1.54, 1.807) is 36.4 Å². The van der Waals surface area contributed by atoms with Crippen LogP contribution >= 0.6 is 34.8 Å². The van der Waals surface area contributed by atoms with Crippen molar-refractivity contribution in [2.45, 2.75) is 5.75 Å². The van der Waals surface area contributed by atoms with Gasteiger partial charge >= 0.3 is 0 Å². The monoisotopic (exact) mass is 360 g/mol. The Morgan fingerprint density at radius 3 is 2.19 bits per heavy atom. The number of Topliss-reactive ketones (excluding diaryl/α,β-unsaturated/α-hetero) is 1. The summed E-state index contributed by atoms with van der Waals surface area (Å²) in [5.41, 5.74) is 1.21. The fourth-order valence-corrected chi connectivity index (χ4v) is 3.51. The molecule has 0 saturated heterocycles. The van der Waals surface area contributed by atoms with E-state index in [1.165, 1.54) is 6.07 Å². The van der Waals surface area contributed by atoms with E-state index >= 15 is 0 Å². The third-order valence-electron chi connectivity index (χ3n) is 2.76. The highest BCUT2D eigenvalue weighted by molar-refractivity contribution is 7.85. The molecular weight excluding hydrogens is 351 g/mol. The van der Waals surface area contributed by atoms with Crippen LogP contribution in [0.1, 0.15) is 15.9 Å². The highest BCUT2D eigenvalue weighted by Gasteiger charge is 2.14. The maximum absolute atomic E-state index is 12.1. The summed E-state index contributed by atoms with van der Waals surface area (Å²) in [5, 5.41) is 1.35. The SMILES string of the molecule is O=C(CS(=O)Cc1ccc(Cl)cc1)c1ccc(Cl)cc1Cl. The van der Waals surface area contributed by atoms with Crippen LogP contribution in [-0.4, -0.2) is 15.7 Å². The van der Waals surface area contributed by atoms with Gasteiger partial charge in [0, 0.05) is 32.2 Å². The topological polar surface area (TPSA) is 34.1 Å². The Bertz CT molecular complexity index is 684. The van der Waals surface area contributed by atoms with Gasteiger partial charge in [-0.3, -0.25) is 9.00 Å². The minimum atomic E-state index is -1.31. The summed E-state index contributed by atoms with van der Waals surface area (Å²) in [6.45, 7) is 0. The highest BCUT2D eigenvalue weighted by atomic mass is 35.5. The van der Waals surface area contributed by atoms with Gasteiger partial charge in [-0.1, -0.05) is 46.9 Å². The molecule has 0 saturated carbocycles. The van der Waals surface area contributed by atoms with Crippen molar-refractivity contribution in [3.05, 3.63) is 68.7 Å². The van der Waals surface area contributed by atoms with Gasteiger partial charge in [-0.15, -0.1) is 0 Å². The molecule has 0 aromatic heterocycles. The van der Waals surface area contributed by atoms with Crippen LogP contribution in [0.3, 0.4) is 0 Å². The van der Waals surface area contributed by atoms with Gasteiger partial charge in [0.15, 0.2) is 5.78 Å². The van der Waals surface area contributed by atoms with Crippen LogP contribution in [0.25, 0.3) is 0 Å². The van der Waals surface area contributed by atoms with Crippen LogP contribution in [0.5, 0.6) is 0 Å². The van der Waals surface area contributed by atoms with Gasteiger partial charge in [0.2, 0.25) is 0 Å². The first kappa shape index (κ1) is 16.5. The van der Waals surface area contributed by atoms with Gasteiger partial charge in [-0.25, -0.2) is 0 Å². The molecule has 0 amide bonds. The first-order valence-electron chi connectivity index (χ1n) is 6.03. The molecule has 0 N–H and O–H groups in total. The quantitative estimate of drug-likeness (QED) is 0.718. The molecule has 0 fully saturated rings. The number of carbonyl (C=O) groups is 1. The molecule has 0 spiro atoms. The zero-order chi connectivity index (χ0) is 15.4. The molecule has 0 aliphatic rings. The Balaban J connectivity index is 2.02. The molecule has 2 aromatic carbocycles. The fourth-order valence-electron chi connectivity index (χ4n) is 1.76. The van der Waals surface area contributed by atoms with Crippen LogP contribution in [-0.2, 0) is 16.6 Å². The molecule has 0 bridgehead atoms. The largest absolute Gasteiger partial charge is 0.293 e. The third kappa shape index (κ3) is 4.82. The summed E-state index contributed by atoms with van der Waals surface area (Å²) < 4.78 is 12.0. The van der Waals surface area contributed by atoms with Crippen molar-refractivity contribution in [1.82, 2.24) is 0 Å². The van der Waals surface area contributed by atoms with Crippen molar-refractivity contribution in [2.24, 2.45) is 0 Å². The lowest BCUT2D eigenvalue weighted by Gasteiger charge is -2.05. The lowest BCUT2D eigenvalue weighted by Crippen LogP contribution is -2.12. The molecule has 110 valence electrons. The van der Waals surface area contributed by atoms with Crippen LogP contribution in [0.15, 0.2) is 42.5 Å². The maximum Gasteiger partial charge on any atom is 0.176 e. The van der Waals surface area contributed by atoms with Crippen molar-refractivity contribution >= 4 is 51.4 Å². The zero-order valence-electron chi connectivity index (χ0n) is 10.8. The number of carbonyl (C=O) groups excluding carboxylic acids is 1. The van der Waals surface area contributed by atoms with Crippen molar-refractivity contribution in [2.75, 3.05) is 5.75 Å². The van der Waals surface area contributed by atoms with Crippen LogP contribution in [0.4, 0.5) is 0 Å². The minimum Gasteiger partial charge on any atom is -0.293 e. The van der Waals surface area contributed by atoms with E-state index < -0.39 is 10.8 Å². The first-order chi connectivity index (χ1) is 9.95. The first-order valence-corrected chi connectivity index (χ1v) is 8.65.